The van der Waals surface area contributed by atoms with Crippen molar-refractivity contribution in [3.63, 3.8) is 0 Å². The third-order valence-corrected chi connectivity index (χ3v) is 4.55. The molecule has 2 heteroatoms. The molecule has 0 spiro atoms. The highest BCUT2D eigenvalue weighted by atomic mass is 15.1. The van der Waals surface area contributed by atoms with Gasteiger partial charge in [-0.1, -0.05) is 17.7 Å². The van der Waals surface area contributed by atoms with Crippen molar-refractivity contribution in [2.24, 2.45) is 5.92 Å². The molecule has 1 aliphatic rings. The number of aryl methyl sites for hydroxylation is 2. The van der Waals surface area contributed by atoms with Crippen LogP contribution in [0.15, 0.2) is 18.2 Å². The minimum atomic E-state index is 0.752. The van der Waals surface area contributed by atoms with E-state index in [4.69, 9.17) is 0 Å². The normalized spacial score (nSPS) is 23.4. The highest BCUT2D eigenvalue weighted by Crippen LogP contribution is 2.27. The maximum absolute atomic E-state index is 3.41. The van der Waals surface area contributed by atoms with Gasteiger partial charge < -0.3 is 10.2 Å². The van der Waals surface area contributed by atoms with Gasteiger partial charge in [-0.05, 0) is 64.1 Å². The largest absolute Gasteiger partial charge is 0.374 e. The summed E-state index contributed by atoms with van der Waals surface area (Å²) in [7, 11) is 4.33. The van der Waals surface area contributed by atoms with Crippen LogP contribution in [0.25, 0.3) is 0 Å². The lowest BCUT2D eigenvalue weighted by atomic mass is 9.85. The fourth-order valence-electron chi connectivity index (χ4n) is 3.35. The second-order valence-electron chi connectivity index (χ2n) is 6.18. The van der Waals surface area contributed by atoms with E-state index in [1.54, 1.807) is 0 Å². The Labute approximate surface area is 118 Å². The summed E-state index contributed by atoms with van der Waals surface area (Å²) in [5.41, 5.74) is 4.14. The van der Waals surface area contributed by atoms with Gasteiger partial charge in [0.25, 0.3) is 0 Å². The second-order valence-corrected chi connectivity index (χ2v) is 6.18. The van der Waals surface area contributed by atoms with Gasteiger partial charge in [-0.2, -0.15) is 0 Å². The van der Waals surface area contributed by atoms with Gasteiger partial charge in [-0.15, -0.1) is 0 Å². The molecule has 1 saturated carbocycles. The van der Waals surface area contributed by atoms with E-state index in [1.807, 2.05) is 0 Å². The summed E-state index contributed by atoms with van der Waals surface area (Å²) < 4.78 is 0. The minimum Gasteiger partial charge on any atom is -0.374 e. The van der Waals surface area contributed by atoms with Gasteiger partial charge >= 0.3 is 0 Å². The molecule has 0 unspecified atom stereocenters. The lowest BCUT2D eigenvalue weighted by molar-refractivity contribution is 0.305. The predicted molar refractivity (Wildman–Crippen MR) is 84.0 cm³/mol. The van der Waals surface area contributed by atoms with Crippen LogP contribution in [0, 0.1) is 19.8 Å². The van der Waals surface area contributed by atoms with E-state index >= 15 is 0 Å². The van der Waals surface area contributed by atoms with Gasteiger partial charge in [0, 0.05) is 25.3 Å². The van der Waals surface area contributed by atoms with Crippen LogP contribution in [0.5, 0.6) is 0 Å². The molecule has 2 nitrogen and oxygen atoms in total. The van der Waals surface area contributed by atoms with E-state index in [0.29, 0.717) is 0 Å². The highest BCUT2D eigenvalue weighted by molar-refractivity contribution is 5.53. The predicted octanol–water partition coefficient (Wildman–Crippen LogP) is 3.52. The number of nitrogens with zero attached hydrogens (tertiary/aromatic N) is 1. The Kier molecular flexibility index (Phi) is 4.87. The SMILES string of the molecule is CNC1CCC(CN(C)c2ccc(C)cc2C)CC1. The number of anilines is 1. The average molecular weight is 260 g/mol. The van der Waals surface area contributed by atoms with Crippen molar-refractivity contribution in [1.82, 2.24) is 5.32 Å². The summed E-state index contributed by atoms with van der Waals surface area (Å²) in [6.07, 6.45) is 5.39. The van der Waals surface area contributed by atoms with E-state index in [9.17, 15) is 0 Å². The van der Waals surface area contributed by atoms with E-state index < -0.39 is 0 Å². The molecular formula is C17H28N2. The molecule has 0 aromatic heterocycles. The molecule has 0 radical (unpaired) electrons. The maximum atomic E-state index is 3.41. The van der Waals surface area contributed by atoms with Crippen molar-refractivity contribution in [2.45, 2.75) is 45.6 Å². The molecule has 0 aliphatic heterocycles. The number of hydrogen-bond donors (Lipinski definition) is 1. The van der Waals surface area contributed by atoms with E-state index in [1.165, 1.54) is 49.0 Å². The van der Waals surface area contributed by atoms with E-state index in [2.05, 4.69) is 56.4 Å². The van der Waals surface area contributed by atoms with Gasteiger partial charge in [-0.25, -0.2) is 0 Å². The van der Waals surface area contributed by atoms with Crippen LogP contribution < -0.4 is 10.2 Å². The highest BCUT2D eigenvalue weighted by Gasteiger charge is 2.21. The molecule has 19 heavy (non-hydrogen) atoms. The zero-order chi connectivity index (χ0) is 13.8. The van der Waals surface area contributed by atoms with Gasteiger partial charge in [0.1, 0.15) is 0 Å². The molecule has 106 valence electrons. The van der Waals surface area contributed by atoms with Crippen LogP contribution in [0.1, 0.15) is 36.8 Å². The summed E-state index contributed by atoms with van der Waals surface area (Å²) in [6.45, 7) is 5.58. The fraction of sp³-hybridized carbons (Fsp3) is 0.647. The summed E-state index contributed by atoms with van der Waals surface area (Å²) in [5, 5.41) is 3.41. The third kappa shape index (κ3) is 3.73. The first kappa shape index (κ1) is 14.4. The molecule has 1 fully saturated rings. The lowest BCUT2D eigenvalue weighted by Gasteiger charge is -2.32. The van der Waals surface area contributed by atoms with Gasteiger partial charge in [0.2, 0.25) is 0 Å². The zero-order valence-electron chi connectivity index (χ0n) is 12.9. The van der Waals surface area contributed by atoms with Crippen LogP contribution >= 0.6 is 0 Å². The van der Waals surface area contributed by atoms with Crippen LogP contribution in [0.3, 0.4) is 0 Å². The first-order valence-electron chi connectivity index (χ1n) is 7.55. The summed E-state index contributed by atoms with van der Waals surface area (Å²) in [6, 6.07) is 7.52. The van der Waals surface area contributed by atoms with Gasteiger partial charge in [0.05, 0.1) is 0 Å². The molecule has 0 saturated heterocycles. The zero-order valence-corrected chi connectivity index (χ0v) is 12.9. The smallest absolute Gasteiger partial charge is 0.0393 e. The van der Waals surface area contributed by atoms with Crippen molar-refractivity contribution in [3.05, 3.63) is 29.3 Å². The standard InChI is InChI=1S/C17H28N2/c1-13-5-10-17(14(2)11-13)19(4)12-15-6-8-16(18-3)9-7-15/h5,10-11,15-16,18H,6-9,12H2,1-4H3. The van der Waals surface area contributed by atoms with Crippen LogP contribution in [0.4, 0.5) is 5.69 Å². The number of rotatable bonds is 4. The number of benzene rings is 1. The first-order chi connectivity index (χ1) is 9.10. The molecule has 0 amide bonds. The third-order valence-electron chi connectivity index (χ3n) is 4.55. The Hall–Kier alpha value is -1.02. The van der Waals surface area contributed by atoms with Crippen LogP contribution in [0.2, 0.25) is 0 Å². The fourth-order valence-corrected chi connectivity index (χ4v) is 3.35. The van der Waals surface area contributed by atoms with Crippen LogP contribution in [-0.4, -0.2) is 26.7 Å². The van der Waals surface area contributed by atoms with E-state index in [-0.39, 0.29) is 0 Å². The Morgan fingerprint density at radius 2 is 1.84 bits per heavy atom. The van der Waals surface area contributed by atoms with Crippen molar-refractivity contribution in [1.29, 1.82) is 0 Å². The number of hydrogen-bond acceptors (Lipinski definition) is 2. The molecule has 0 atom stereocenters. The van der Waals surface area contributed by atoms with Crippen molar-refractivity contribution in [2.75, 3.05) is 25.5 Å². The van der Waals surface area contributed by atoms with E-state index in [0.717, 1.165) is 12.0 Å². The number of nitrogens with one attached hydrogen (secondary N) is 1. The topological polar surface area (TPSA) is 15.3 Å². The summed E-state index contributed by atoms with van der Waals surface area (Å²) in [4.78, 5) is 2.44. The molecule has 0 heterocycles. The van der Waals surface area contributed by atoms with Gasteiger partial charge in [-0.3, -0.25) is 0 Å². The molecule has 0 bridgehead atoms. The maximum Gasteiger partial charge on any atom is 0.0393 e. The van der Waals surface area contributed by atoms with Crippen molar-refractivity contribution < 1.29 is 0 Å². The minimum absolute atomic E-state index is 0.752. The molecule has 1 aromatic rings. The van der Waals surface area contributed by atoms with Crippen LogP contribution in [-0.2, 0) is 0 Å². The Bertz CT molecular complexity index is 406. The Morgan fingerprint density at radius 1 is 1.16 bits per heavy atom. The average Bonchev–Trinajstić information content (AvgIpc) is 2.39. The molecule has 1 aromatic carbocycles. The van der Waals surface area contributed by atoms with Crippen molar-refractivity contribution in [3.8, 4) is 0 Å². The summed E-state index contributed by atoms with van der Waals surface area (Å²) in [5.74, 6) is 0.857. The quantitative estimate of drug-likeness (QED) is 0.891. The van der Waals surface area contributed by atoms with Gasteiger partial charge in [0.15, 0.2) is 0 Å². The Morgan fingerprint density at radius 3 is 2.42 bits per heavy atom. The molecule has 2 rings (SSSR count). The first-order valence-corrected chi connectivity index (χ1v) is 7.55. The van der Waals surface area contributed by atoms with Crippen molar-refractivity contribution >= 4 is 5.69 Å². The molecule has 1 N–H and O–H groups in total. The summed E-state index contributed by atoms with van der Waals surface area (Å²) >= 11 is 0. The second kappa shape index (κ2) is 6.42. The monoisotopic (exact) mass is 260 g/mol. The lowest BCUT2D eigenvalue weighted by Crippen LogP contribution is -2.34. The molecule has 1 aliphatic carbocycles. The Balaban J connectivity index is 1.92. The molecular weight excluding hydrogens is 232 g/mol.